The van der Waals surface area contributed by atoms with Crippen molar-refractivity contribution in [1.29, 1.82) is 0 Å². The molecule has 5 rings (SSSR count). The number of carboxylic acid groups (broad SMARTS) is 1. The molecule has 1 aliphatic carbocycles. The fourth-order valence-electron chi connectivity index (χ4n) is 5.32. The van der Waals surface area contributed by atoms with E-state index in [4.69, 9.17) is 4.74 Å². The standard InChI is InChI=1S/C22H24FN3O4/c23-14-12-16-19-17(18(14)25-10-7-24-8-11-25)15(27)6-9-26(19)20(22(28)29)21(30-16)13-4-2-1-3-5-13/h1-6,9,14,16-19,24H,7-8,10-12H2,(H,28,29). The molecule has 1 saturated heterocycles. The summed E-state index contributed by atoms with van der Waals surface area (Å²) in [6, 6.07) is 7.87. The summed E-state index contributed by atoms with van der Waals surface area (Å²) in [5, 5.41) is 13.3. The summed E-state index contributed by atoms with van der Waals surface area (Å²) in [5.41, 5.74) is 0.613. The van der Waals surface area contributed by atoms with Crippen molar-refractivity contribution in [1.82, 2.24) is 15.1 Å². The Hall–Kier alpha value is -2.71. The summed E-state index contributed by atoms with van der Waals surface area (Å²) in [7, 11) is 0. The normalized spacial score (nSPS) is 33.8. The highest BCUT2D eigenvalue weighted by atomic mass is 19.1. The van der Waals surface area contributed by atoms with Crippen LogP contribution < -0.4 is 5.32 Å². The van der Waals surface area contributed by atoms with Crippen LogP contribution >= 0.6 is 0 Å². The number of nitrogens with one attached hydrogen (secondary N) is 1. The van der Waals surface area contributed by atoms with Crippen LogP contribution in [0.3, 0.4) is 0 Å². The zero-order chi connectivity index (χ0) is 20.8. The van der Waals surface area contributed by atoms with Crippen LogP contribution in [-0.2, 0) is 14.3 Å². The van der Waals surface area contributed by atoms with Gasteiger partial charge in [0.1, 0.15) is 12.3 Å². The molecule has 1 saturated carbocycles. The summed E-state index contributed by atoms with van der Waals surface area (Å²) < 4.78 is 21.6. The molecule has 158 valence electrons. The Morgan fingerprint density at radius 1 is 1.17 bits per heavy atom. The van der Waals surface area contributed by atoms with Crippen LogP contribution in [-0.4, -0.2) is 77.2 Å². The Kier molecular flexibility index (Phi) is 4.83. The SMILES string of the molecule is O=C(O)C1=C(c2ccccc2)OC2CC(F)C(N3CCNCC3)C3C(=O)C=CN1C23. The molecule has 5 unspecified atom stereocenters. The van der Waals surface area contributed by atoms with Gasteiger partial charge in [-0.05, 0) is 6.08 Å². The number of aliphatic carboxylic acids is 1. The van der Waals surface area contributed by atoms with Crippen LogP contribution in [0, 0.1) is 5.92 Å². The number of carboxylic acids is 1. The van der Waals surface area contributed by atoms with Crippen LogP contribution in [0.2, 0.25) is 0 Å². The van der Waals surface area contributed by atoms with Crippen molar-refractivity contribution in [2.24, 2.45) is 5.92 Å². The first-order chi connectivity index (χ1) is 14.6. The third kappa shape index (κ3) is 3.02. The number of hydrogen-bond acceptors (Lipinski definition) is 6. The first-order valence-electron chi connectivity index (χ1n) is 10.3. The van der Waals surface area contributed by atoms with Crippen LogP contribution in [0.4, 0.5) is 4.39 Å². The number of carbonyl (C=O) groups is 2. The highest BCUT2D eigenvalue weighted by Gasteiger charge is 2.57. The number of alkyl halides is 1. The van der Waals surface area contributed by atoms with E-state index in [1.165, 1.54) is 12.3 Å². The molecule has 3 heterocycles. The van der Waals surface area contributed by atoms with Crippen molar-refractivity contribution < 1.29 is 23.8 Å². The number of piperazine rings is 1. The minimum absolute atomic E-state index is 0.00688. The number of allylic oxidation sites excluding steroid dienone is 1. The maximum absolute atomic E-state index is 15.5. The van der Waals surface area contributed by atoms with Crippen molar-refractivity contribution in [3.63, 3.8) is 0 Å². The van der Waals surface area contributed by atoms with Crippen molar-refractivity contribution in [3.8, 4) is 0 Å². The van der Waals surface area contributed by atoms with Gasteiger partial charge in [0.2, 0.25) is 0 Å². The molecule has 1 aromatic rings. The largest absolute Gasteiger partial charge is 0.485 e. The third-order valence-corrected chi connectivity index (χ3v) is 6.55. The quantitative estimate of drug-likeness (QED) is 0.772. The maximum atomic E-state index is 15.5. The van der Waals surface area contributed by atoms with Gasteiger partial charge < -0.3 is 20.1 Å². The Morgan fingerprint density at radius 2 is 1.90 bits per heavy atom. The third-order valence-electron chi connectivity index (χ3n) is 6.55. The fraction of sp³-hybridized carbons (Fsp3) is 0.455. The van der Waals surface area contributed by atoms with Crippen LogP contribution in [0.15, 0.2) is 48.3 Å². The van der Waals surface area contributed by atoms with Gasteiger partial charge in [-0.2, -0.15) is 0 Å². The maximum Gasteiger partial charge on any atom is 0.356 e. The first-order valence-corrected chi connectivity index (χ1v) is 10.3. The molecule has 0 radical (unpaired) electrons. The van der Waals surface area contributed by atoms with E-state index in [9.17, 15) is 14.7 Å². The summed E-state index contributed by atoms with van der Waals surface area (Å²) in [6.07, 6.45) is 1.21. The van der Waals surface area contributed by atoms with Gasteiger partial charge in [0.15, 0.2) is 17.2 Å². The van der Waals surface area contributed by atoms with Gasteiger partial charge in [-0.15, -0.1) is 0 Å². The molecule has 0 bridgehead atoms. The second-order valence-corrected chi connectivity index (χ2v) is 8.18. The molecular weight excluding hydrogens is 389 g/mol. The molecular formula is C22H24FN3O4. The van der Waals surface area contributed by atoms with Gasteiger partial charge >= 0.3 is 5.97 Å². The predicted molar refractivity (Wildman–Crippen MR) is 107 cm³/mol. The number of ketones is 1. The van der Waals surface area contributed by atoms with E-state index in [1.54, 1.807) is 29.2 Å². The van der Waals surface area contributed by atoms with Gasteiger partial charge in [0.25, 0.3) is 0 Å². The summed E-state index contributed by atoms with van der Waals surface area (Å²) in [4.78, 5) is 28.9. The van der Waals surface area contributed by atoms with Crippen molar-refractivity contribution in [3.05, 3.63) is 53.9 Å². The highest BCUT2D eigenvalue weighted by molar-refractivity contribution is 5.98. The molecule has 0 amide bonds. The molecule has 2 fully saturated rings. The lowest BCUT2D eigenvalue weighted by Gasteiger charge is -2.54. The van der Waals surface area contributed by atoms with E-state index in [1.807, 2.05) is 11.0 Å². The minimum Gasteiger partial charge on any atom is -0.485 e. The smallest absolute Gasteiger partial charge is 0.356 e. The Balaban J connectivity index is 1.60. The number of ether oxygens (including phenoxy) is 1. The molecule has 4 aliphatic rings. The van der Waals surface area contributed by atoms with Crippen LogP contribution in [0.1, 0.15) is 12.0 Å². The average Bonchev–Trinajstić information content (AvgIpc) is 2.76. The molecule has 30 heavy (non-hydrogen) atoms. The molecule has 5 atom stereocenters. The first kappa shape index (κ1) is 19.3. The Labute approximate surface area is 173 Å². The highest BCUT2D eigenvalue weighted by Crippen LogP contribution is 2.45. The number of carbonyl (C=O) groups excluding carboxylic acids is 1. The molecule has 0 aromatic heterocycles. The monoisotopic (exact) mass is 413 g/mol. The fourth-order valence-corrected chi connectivity index (χ4v) is 5.32. The molecule has 3 aliphatic heterocycles. The number of nitrogens with zero attached hydrogens (tertiary/aromatic N) is 2. The van der Waals surface area contributed by atoms with Gasteiger partial charge in [-0.3, -0.25) is 9.69 Å². The van der Waals surface area contributed by atoms with Crippen LogP contribution in [0.25, 0.3) is 5.76 Å². The second-order valence-electron chi connectivity index (χ2n) is 8.18. The zero-order valence-electron chi connectivity index (χ0n) is 16.4. The van der Waals surface area contributed by atoms with E-state index in [2.05, 4.69) is 5.32 Å². The van der Waals surface area contributed by atoms with Crippen molar-refractivity contribution in [2.45, 2.75) is 30.8 Å². The molecule has 8 heteroatoms. The summed E-state index contributed by atoms with van der Waals surface area (Å²) in [6.45, 7) is 2.81. The number of halogens is 1. The number of benzene rings is 1. The Bertz CT molecular complexity index is 912. The number of rotatable bonds is 3. The molecule has 0 spiro atoms. The van der Waals surface area contributed by atoms with E-state index in [0.717, 1.165) is 13.1 Å². The molecule has 7 nitrogen and oxygen atoms in total. The summed E-state index contributed by atoms with van der Waals surface area (Å²) >= 11 is 0. The van der Waals surface area contributed by atoms with E-state index >= 15 is 4.39 Å². The minimum atomic E-state index is -1.23. The summed E-state index contributed by atoms with van der Waals surface area (Å²) in [5.74, 6) is -1.75. The molecule has 1 aromatic carbocycles. The second kappa shape index (κ2) is 7.52. The van der Waals surface area contributed by atoms with E-state index < -0.39 is 36.2 Å². The molecule has 2 N–H and O–H groups in total. The van der Waals surface area contributed by atoms with Crippen molar-refractivity contribution >= 4 is 17.5 Å². The number of hydrogen-bond donors (Lipinski definition) is 2. The Morgan fingerprint density at radius 3 is 2.60 bits per heavy atom. The van der Waals surface area contributed by atoms with Gasteiger partial charge in [-0.1, -0.05) is 30.3 Å². The van der Waals surface area contributed by atoms with Crippen molar-refractivity contribution in [2.75, 3.05) is 26.2 Å². The lowest BCUT2D eigenvalue weighted by molar-refractivity contribution is -0.144. The lowest BCUT2D eigenvalue weighted by atomic mass is 9.71. The van der Waals surface area contributed by atoms with Crippen LogP contribution in [0.5, 0.6) is 0 Å². The van der Waals surface area contributed by atoms with Gasteiger partial charge in [0.05, 0.1) is 18.0 Å². The van der Waals surface area contributed by atoms with E-state index in [-0.39, 0.29) is 23.7 Å². The van der Waals surface area contributed by atoms with Gasteiger partial charge in [-0.25, -0.2) is 9.18 Å². The topological polar surface area (TPSA) is 82.1 Å². The van der Waals surface area contributed by atoms with Gasteiger partial charge in [0, 0.05) is 44.4 Å². The zero-order valence-corrected chi connectivity index (χ0v) is 16.4. The predicted octanol–water partition coefficient (Wildman–Crippen LogP) is 1.24. The van der Waals surface area contributed by atoms with E-state index in [0.29, 0.717) is 18.7 Å². The average molecular weight is 413 g/mol. The lowest BCUT2D eigenvalue weighted by Crippen LogP contribution is -2.68.